The van der Waals surface area contributed by atoms with Crippen molar-refractivity contribution < 1.29 is 5.11 Å². The van der Waals surface area contributed by atoms with Crippen LogP contribution in [0.5, 0.6) is 0 Å². The Labute approximate surface area is 112 Å². The van der Waals surface area contributed by atoms with Gasteiger partial charge in [-0.1, -0.05) is 18.2 Å². The van der Waals surface area contributed by atoms with Crippen molar-refractivity contribution in [2.75, 3.05) is 0 Å². The van der Waals surface area contributed by atoms with Gasteiger partial charge in [-0.25, -0.2) is 4.68 Å². The third kappa shape index (κ3) is 2.58. The molecule has 1 heterocycles. The van der Waals surface area contributed by atoms with E-state index in [0.717, 1.165) is 16.9 Å². The van der Waals surface area contributed by atoms with Crippen molar-refractivity contribution in [3.63, 3.8) is 0 Å². The summed E-state index contributed by atoms with van der Waals surface area (Å²) in [5.74, 6) is 0. The lowest BCUT2D eigenvalue weighted by atomic mass is 10.0. The maximum atomic E-state index is 11.9. The first-order valence-corrected chi connectivity index (χ1v) is 6.20. The van der Waals surface area contributed by atoms with Crippen molar-refractivity contribution >= 4 is 0 Å². The molecule has 4 heteroatoms. The number of nitrogens with zero attached hydrogens (tertiary/aromatic N) is 2. The Morgan fingerprint density at radius 1 is 1.21 bits per heavy atom. The highest BCUT2D eigenvalue weighted by Gasteiger charge is 2.23. The Kier molecular flexibility index (Phi) is 3.28. The first kappa shape index (κ1) is 13.5. The summed E-state index contributed by atoms with van der Waals surface area (Å²) in [6.07, 6.45) is 0. The molecular weight excluding hydrogens is 240 g/mol. The largest absolute Gasteiger partial charge is 0.384 e. The maximum Gasteiger partial charge on any atom is 0.206 e. The fourth-order valence-electron chi connectivity index (χ4n) is 2.02. The number of hydrogen-bond donors (Lipinski definition) is 1. The maximum absolute atomic E-state index is 11.9. The predicted octanol–water partition coefficient (Wildman–Crippen LogP) is 2.08. The molecule has 0 saturated heterocycles. The van der Waals surface area contributed by atoms with Crippen molar-refractivity contribution in [2.45, 2.75) is 33.3 Å². The lowest BCUT2D eigenvalue weighted by Gasteiger charge is -2.19. The summed E-state index contributed by atoms with van der Waals surface area (Å²) in [5.41, 5.74) is 1.37. The van der Waals surface area contributed by atoms with Crippen molar-refractivity contribution in [1.82, 2.24) is 9.78 Å². The first-order valence-electron chi connectivity index (χ1n) is 6.20. The highest BCUT2D eigenvalue weighted by Crippen LogP contribution is 2.17. The molecule has 1 aromatic heterocycles. The van der Waals surface area contributed by atoms with Crippen LogP contribution < -0.4 is 5.43 Å². The van der Waals surface area contributed by atoms with E-state index in [9.17, 15) is 9.90 Å². The fraction of sp³-hybridized carbons (Fsp3) is 0.333. The second-order valence-corrected chi connectivity index (χ2v) is 5.26. The third-order valence-electron chi connectivity index (χ3n) is 3.03. The molecule has 2 rings (SSSR count). The molecular formula is C15H18N2O2. The smallest absolute Gasteiger partial charge is 0.206 e. The Morgan fingerprint density at radius 2 is 1.84 bits per heavy atom. The van der Waals surface area contributed by atoms with Gasteiger partial charge in [0.25, 0.3) is 0 Å². The van der Waals surface area contributed by atoms with Crippen LogP contribution in [0.25, 0.3) is 5.69 Å². The fourth-order valence-corrected chi connectivity index (χ4v) is 2.02. The zero-order valence-electron chi connectivity index (χ0n) is 11.6. The molecule has 0 bridgehead atoms. The third-order valence-corrected chi connectivity index (χ3v) is 3.03. The van der Waals surface area contributed by atoms with Crippen molar-refractivity contribution in [2.24, 2.45) is 0 Å². The summed E-state index contributed by atoms with van der Waals surface area (Å²) in [6.45, 7) is 6.94. The van der Waals surface area contributed by atoms with E-state index in [2.05, 4.69) is 5.10 Å². The molecule has 100 valence electrons. The normalized spacial score (nSPS) is 11.6. The molecule has 2 aromatic rings. The van der Waals surface area contributed by atoms with Crippen molar-refractivity contribution in [3.05, 3.63) is 57.5 Å². The van der Waals surface area contributed by atoms with Gasteiger partial charge >= 0.3 is 0 Å². The second kappa shape index (κ2) is 4.63. The lowest BCUT2D eigenvalue weighted by Crippen LogP contribution is -2.30. The second-order valence-electron chi connectivity index (χ2n) is 5.26. The Balaban J connectivity index is 2.72. The van der Waals surface area contributed by atoms with Gasteiger partial charge in [0.2, 0.25) is 5.43 Å². The van der Waals surface area contributed by atoms with Gasteiger partial charge in [-0.2, -0.15) is 5.10 Å². The van der Waals surface area contributed by atoms with E-state index in [-0.39, 0.29) is 11.1 Å². The van der Waals surface area contributed by atoms with E-state index < -0.39 is 5.60 Å². The zero-order valence-corrected chi connectivity index (χ0v) is 11.6. The van der Waals surface area contributed by atoms with Gasteiger partial charge in [0, 0.05) is 11.8 Å². The highest BCUT2D eigenvalue weighted by atomic mass is 16.3. The molecule has 0 saturated carbocycles. The van der Waals surface area contributed by atoms with Crippen molar-refractivity contribution in [1.29, 1.82) is 0 Å². The molecule has 19 heavy (non-hydrogen) atoms. The molecule has 1 N–H and O–H groups in total. The van der Waals surface area contributed by atoms with Crippen LogP contribution >= 0.6 is 0 Å². The van der Waals surface area contributed by atoms with Gasteiger partial charge in [-0.15, -0.1) is 0 Å². The molecule has 0 spiro atoms. The minimum Gasteiger partial charge on any atom is -0.384 e. The van der Waals surface area contributed by atoms with Crippen LogP contribution in [-0.4, -0.2) is 14.9 Å². The average Bonchev–Trinajstić information content (AvgIpc) is 2.29. The highest BCUT2D eigenvalue weighted by molar-refractivity contribution is 5.40. The Bertz CT molecular complexity index is 667. The number of aromatic nitrogens is 2. The van der Waals surface area contributed by atoms with Crippen molar-refractivity contribution in [3.8, 4) is 5.69 Å². The van der Waals surface area contributed by atoms with Gasteiger partial charge in [0.05, 0.1) is 5.69 Å². The van der Waals surface area contributed by atoms with Crippen LogP contribution in [0.3, 0.4) is 0 Å². The van der Waals surface area contributed by atoms with Gasteiger partial charge < -0.3 is 5.11 Å². The van der Waals surface area contributed by atoms with E-state index in [1.807, 2.05) is 38.1 Å². The summed E-state index contributed by atoms with van der Waals surface area (Å²) >= 11 is 0. The number of rotatable bonds is 2. The molecule has 0 unspecified atom stereocenters. The van der Waals surface area contributed by atoms with Gasteiger partial charge in [-0.05, 0) is 39.3 Å². The molecule has 0 radical (unpaired) electrons. The predicted molar refractivity (Wildman–Crippen MR) is 74.6 cm³/mol. The summed E-state index contributed by atoms with van der Waals surface area (Å²) in [7, 11) is 0. The minimum atomic E-state index is -1.25. The monoisotopic (exact) mass is 258 g/mol. The van der Waals surface area contributed by atoms with Crippen LogP contribution in [-0.2, 0) is 5.60 Å². The van der Waals surface area contributed by atoms with Crippen LogP contribution in [0, 0.1) is 13.8 Å². The molecule has 0 atom stereocenters. The summed E-state index contributed by atoms with van der Waals surface area (Å²) in [4.78, 5) is 11.9. The molecule has 0 aliphatic heterocycles. The van der Waals surface area contributed by atoms with Crippen LogP contribution in [0.4, 0.5) is 0 Å². The molecule has 4 nitrogen and oxygen atoms in total. The van der Waals surface area contributed by atoms with E-state index in [4.69, 9.17) is 0 Å². The van der Waals surface area contributed by atoms with E-state index in [1.54, 1.807) is 18.5 Å². The quantitative estimate of drug-likeness (QED) is 0.897. The molecule has 0 aliphatic carbocycles. The van der Waals surface area contributed by atoms with E-state index in [0.29, 0.717) is 0 Å². The molecule has 0 aliphatic rings. The Morgan fingerprint density at radius 3 is 2.42 bits per heavy atom. The zero-order chi connectivity index (χ0) is 14.2. The van der Waals surface area contributed by atoms with Gasteiger partial charge in [0.15, 0.2) is 0 Å². The van der Waals surface area contributed by atoms with E-state index >= 15 is 0 Å². The minimum absolute atomic E-state index is 0.154. The SMILES string of the molecule is Cc1ccccc1-n1nc(C(C)(C)O)c(=O)cc1C. The number of aliphatic hydroxyl groups is 1. The number of para-hydroxylation sites is 1. The first-order chi connectivity index (χ1) is 8.80. The Hall–Kier alpha value is -1.94. The van der Waals surface area contributed by atoms with Crippen LogP contribution in [0.15, 0.2) is 35.1 Å². The average molecular weight is 258 g/mol. The van der Waals surface area contributed by atoms with Crippen LogP contribution in [0.2, 0.25) is 0 Å². The summed E-state index contributed by atoms with van der Waals surface area (Å²) < 4.78 is 1.70. The summed E-state index contributed by atoms with van der Waals surface area (Å²) in [6, 6.07) is 9.30. The van der Waals surface area contributed by atoms with Gasteiger partial charge in [-0.3, -0.25) is 4.79 Å². The molecule has 0 fully saturated rings. The topological polar surface area (TPSA) is 55.1 Å². The molecule has 1 aromatic carbocycles. The summed E-state index contributed by atoms with van der Waals surface area (Å²) in [5, 5.41) is 14.4. The van der Waals surface area contributed by atoms with E-state index in [1.165, 1.54) is 6.07 Å². The number of aryl methyl sites for hydroxylation is 2. The molecule has 0 amide bonds. The standard InChI is InChI=1S/C15H18N2O2/c1-10-7-5-6-8-12(10)17-11(2)9-13(18)14(16-17)15(3,4)19/h5-9,19H,1-4H3. The lowest BCUT2D eigenvalue weighted by molar-refractivity contribution is 0.0709. The number of hydrogen-bond acceptors (Lipinski definition) is 3. The number of benzene rings is 1. The van der Waals surface area contributed by atoms with Gasteiger partial charge in [0.1, 0.15) is 11.3 Å². The van der Waals surface area contributed by atoms with Crippen LogP contribution in [0.1, 0.15) is 30.8 Å².